The van der Waals surface area contributed by atoms with Crippen molar-refractivity contribution < 1.29 is 18.3 Å². The van der Waals surface area contributed by atoms with Crippen LogP contribution in [0.25, 0.3) is 22.3 Å². The minimum absolute atomic E-state index is 0.126. The van der Waals surface area contributed by atoms with Crippen LogP contribution in [-0.4, -0.2) is 15.1 Å². The Balaban J connectivity index is 2.18. The van der Waals surface area contributed by atoms with Crippen molar-refractivity contribution in [1.82, 2.24) is 9.97 Å². The van der Waals surface area contributed by atoms with Crippen molar-refractivity contribution in [3.8, 4) is 11.4 Å². The molecule has 1 heterocycles. The van der Waals surface area contributed by atoms with Crippen LogP contribution in [0, 0.1) is 6.92 Å². The third-order valence-corrected chi connectivity index (χ3v) is 3.58. The molecule has 3 aromatic rings. The summed E-state index contributed by atoms with van der Waals surface area (Å²) in [6.45, 7) is 1.61. The highest BCUT2D eigenvalue weighted by atomic mass is 19.4. The lowest BCUT2D eigenvalue weighted by Crippen LogP contribution is -2.05. The van der Waals surface area contributed by atoms with Gasteiger partial charge in [-0.1, -0.05) is 24.3 Å². The van der Waals surface area contributed by atoms with Crippen molar-refractivity contribution in [2.24, 2.45) is 0 Å². The Morgan fingerprint density at radius 3 is 2.52 bits per heavy atom. The van der Waals surface area contributed by atoms with Gasteiger partial charge in [0.2, 0.25) is 0 Å². The largest absolute Gasteiger partial charge is 0.416 e. The molecule has 0 amide bonds. The summed E-state index contributed by atoms with van der Waals surface area (Å²) < 4.78 is 38.6. The number of aromatic nitrogens is 2. The number of hydrogen-bond donors (Lipinski definition) is 1. The van der Waals surface area contributed by atoms with E-state index in [1.807, 2.05) is 0 Å². The van der Waals surface area contributed by atoms with Gasteiger partial charge in [-0.15, -0.1) is 0 Å². The number of benzene rings is 2. The average Bonchev–Trinajstić information content (AvgIpc) is 2.53. The summed E-state index contributed by atoms with van der Waals surface area (Å²) in [7, 11) is 0. The van der Waals surface area contributed by atoms with Crippen molar-refractivity contribution >= 4 is 10.9 Å². The summed E-state index contributed by atoms with van der Waals surface area (Å²) in [5.74, 6) is 0.338. The van der Waals surface area contributed by atoms with E-state index in [1.54, 1.807) is 31.2 Å². The molecular weight excluding hydrogens is 305 g/mol. The second-order valence-electron chi connectivity index (χ2n) is 5.22. The summed E-state index contributed by atoms with van der Waals surface area (Å²) in [5, 5.41) is 9.78. The maximum atomic E-state index is 12.9. The van der Waals surface area contributed by atoms with Gasteiger partial charge in [-0.2, -0.15) is 13.2 Å². The second-order valence-corrected chi connectivity index (χ2v) is 5.22. The van der Waals surface area contributed by atoms with Crippen LogP contribution in [-0.2, 0) is 12.8 Å². The number of halogens is 3. The first-order valence-electron chi connectivity index (χ1n) is 6.94. The normalized spacial score (nSPS) is 11.9. The molecule has 0 unspecified atom stereocenters. The number of hydrogen-bond acceptors (Lipinski definition) is 3. The summed E-state index contributed by atoms with van der Waals surface area (Å²) in [6, 6.07) is 10.4. The SMILES string of the molecule is Cc1nc(-c2cccc(CO)c2)nc2cc(C(F)(F)F)ccc12. The Morgan fingerprint density at radius 1 is 1.04 bits per heavy atom. The maximum absolute atomic E-state index is 12.9. The van der Waals surface area contributed by atoms with Crippen LogP contribution in [0.3, 0.4) is 0 Å². The van der Waals surface area contributed by atoms with Gasteiger partial charge in [-0.05, 0) is 30.7 Å². The molecule has 1 aromatic heterocycles. The number of rotatable bonds is 2. The fourth-order valence-electron chi connectivity index (χ4n) is 2.40. The van der Waals surface area contributed by atoms with Gasteiger partial charge >= 0.3 is 6.18 Å². The topological polar surface area (TPSA) is 46.0 Å². The van der Waals surface area contributed by atoms with E-state index >= 15 is 0 Å². The lowest BCUT2D eigenvalue weighted by molar-refractivity contribution is -0.137. The Kier molecular flexibility index (Phi) is 3.77. The quantitative estimate of drug-likeness (QED) is 0.773. The monoisotopic (exact) mass is 318 g/mol. The van der Waals surface area contributed by atoms with Gasteiger partial charge in [0.25, 0.3) is 0 Å². The van der Waals surface area contributed by atoms with Crippen LogP contribution in [0.5, 0.6) is 0 Å². The minimum atomic E-state index is -4.41. The summed E-state index contributed by atoms with van der Waals surface area (Å²) in [6.07, 6.45) is -4.41. The third-order valence-electron chi connectivity index (χ3n) is 3.58. The highest BCUT2D eigenvalue weighted by Gasteiger charge is 2.30. The molecule has 0 radical (unpaired) electrons. The Morgan fingerprint density at radius 2 is 1.83 bits per heavy atom. The van der Waals surface area contributed by atoms with E-state index in [0.29, 0.717) is 28.0 Å². The molecule has 118 valence electrons. The first-order chi connectivity index (χ1) is 10.9. The summed E-state index contributed by atoms with van der Waals surface area (Å²) in [4.78, 5) is 8.63. The van der Waals surface area contributed by atoms with E-state index in [-0.39, 0.29) is 12.1 Å². The van der Waals surface area contributed by atoms with Crippen LogP contribution in [0.1, 0.15) is 16.8 Å². The Bertz CT molecular complexity index is 875. The molecule has 1 N–H and O–H groups in total. The molecule has 6 heteroatoms. The highest BCUT2D eigenvalue weighted by Crippen LogP contribution is 2.32. The van der Waals surface area contributed by atoms with Crippen molar-refractivity contribution in [3.05, 3.63) is 59.3 Å². The van der Waals surface area contributed by atoms with Crippen molar-refractivity contribution in [3.63, 3.8) is 0 Å². The number of aryl methyl sites for hydroxylation is 1. The van der Waals surface area contributed by atoms with Crippen molar-refractivity contribution in [2.75, 3.05) is 0 Å². The number of aliphatic hydroxyl groups excluding tert-OH is 1. The lowest BCUT2D eigenvalue weighted by atomic mass is 10.1. The molecule has 23 heavy (non-hydrogen) atoms. The molecule has 0 fully saturated rings. The molecular formula is C17H13F3N2O. The van der Waals surface area contributed by atoms with E-state index in [9.17, 15) is 18.3 Å². The molecule has 0 bridgehead atoms. The zero-order chi connectivity index (χ0) is 16.6. The second kappa shape index (κ2) is 5.62. The van der Waals surface area contributed by atoms with Crippen molar-refractivity contribution in [2.45, 2.75) is 19.7 Å². The predicted molar refractivity (Wildman–Crippen MR) is 80.6 cm³/mol. The predicted octanol–water partition coefficient (Wildman–Crippen LogP) is 4.12. The number of nitrogens with zero attached hydrogens (tertiary/aromatic N) is 2. The maximum Gasteiger partial charge on any atom is 0.416 e. The Hall–Kier alpha value is -2.47. The smallest absolute Gasteiger partial charge is 0.392 e. The molecule has 0 saturated carbocycles. The van der Waals surface area contributed by atoms with Gasteiger partial charge in [0.15, 0.2) is 5.82 Å². The van der Waals surface area contributed by atoms with Crippen LogP contribution in [0.4, 0.5) is 13.2 Å². The summed E-state index contributed by atoms with van der Waals surface area (Å²) in [5.41, 5.74) is 1.45. The average molecular weight is 318 g/mol. The molecule has 2 aromatic carbocycles. The zero-order valence-electron chi connectivity index (χ0n) is 12.2. The van der Waals surface area contributed by atoms with Crippen molar-refractivity contribution in [1.29, 1.82) is 0 Å². The van der Waals surface area contributed by atoms with E-state index in [4.69, 9.17) is 0 Å². The molecule has 0 aliphatic rings. The van der Waals surface area contributed by atoms with Gasteiger partial charge in [-0.25, -0.2) is 9.97 Å². The number of aliphatic hydroxyl groups is 1. The van der Waals surface area contributed by atoms with Crippen LogP contribution in [0.15, 0.2) is 42.5 Å². The molecule has 3 nitrogen and oxygen atoms in total. The van der Waals surface area contributed by atoms with Crippen LogP contribution < -0.4 is 0 Å². The minimum Gasteiger partial charge on any atom is -0.392 e. The number of alkyl halides is 3. The molecule has 3 rings (SSSR count). The lowest BCUT2D eigenvalue weighted by Gasteiger charge is -2.10. The van der Waals surface area contributed by atoms with E-state index in [2.05, 4.69) is 9.97 Å². The van der Waals surface area contributed by atoms with E-state index in [0.717, 1.165) is 12.1 Å². The molecule has 0 spiro atoms. The molecule has 0 saturated heterocycles. The van der Waals surface area contributed by atoms with Crippen LogP contribution >= 0.6 is 0 Å². The molecule has 0 aliphatic heterocycles. The van der Waals surface area contributed by atoms with E-state index < -0.39 is 11.7 Å². The fourth-order valence-corrected chi connectivity index (χ4v) is 2.40. The first-order valence-corrected chi connectivity index (χ1v) is 6.94. The molecule has 0 atom stereocenters. The standard InChI is InChI=1S/C17H13F3N2O/c1-10-14-6-5-13(17(18,19)20)8-15(14)22-16(21-10)12-4-2-3-11(7-12)9-23/h2-8,23H,9H2,1H3. The van der Waals surface area contributed by atoms with E-state index in [1.165, 1.54) is 6.07 Å². The number of fused-ring (bicyclic) bond motifs is 1. The summed E-state index contributed by atoms with van der Waals surface area (Å²) >= 11 is 0. The van der Waals surface area contributed by atoms with Crippen LogP contribution in [0.2, 0.25) is 0 Å². The highest BCUT2D eigenvalue weighted by molar-refractivity contribution is 5.83. The van der Waals surface area contributed by atoms with Gasteiger partial charge in [0.1, 0.15) is 0 Å². The first kappa shape index (κ1) is 15.4. The fraction of sp³-hybridized carbons (Fsp3) is 0.176. The third kappa shape index (κ3) is 3.03. The Labute approximate surface area is 130 Å². The van der Waals surface area contributed by atoms with Gasteiger partial charge in [0, 0.05) is 16.6 Å². The van der Waals surface area contributed by atoms with Gasteiger partial charge in [-0.3, -0.25) is 0 Å². The van der Waals surface area contributed by atoms with Gasteiger partial charge in [0.05, 0.1) is 17.7 Å². The van der Waals surface area contributed by atoms with Gasteiger partial charge < -0.3 is 5.11 Å². The molecule has 0 aliphatic carbocycles. The zero-order valence-corrected chi connectivity index (χ0v) is 12.2.